The number of ether oxygens (including phenoxy) is 1. The molecule has 0 aliphatic heterocycles. The third-order valence-corrected chi connectivity index (χ3v) is 7.26. The van der Waals surface area contributed by atoms with Gasteiger partial charge in [0.15, 0.2) is 0 Å². The van der Waals surface area contributed by atoms with E-state index in [-0.39, 0.29) is 25.0 Å². The fourth-order valence-corrected chi connectivity index (χ4v) is 4.57. The van der Waals surface area contributed by atoms with Gasteiger partial charge >= 0.3 is 12.1 Å². The molecule has 0 spiro atoms. The molecule has 33 heavy (non-hydrogen) atoms. The molecule has 0 saturated heterocycles. The summed E-state index contributed by atoms with van der Waals surface area (Å²) in [6.45, 7) is 3.55. The predicted octanol–water partition coefficient (Wildman–Crippen LogP) is 4.06. The van der Waals surface area contributed by atoms with Crippen LogP contribution >= 0.6 is 0 Å². The van der Waals surface area contributed by atoms with Gasteiger partial charge in [-0.1, -0.05) is 55.5 Å². The van der Waals surface area contributed by atoms with Crippen LogP contribution in [0.15, 0.2) is 48.5 Å². The second-order valence-corrected chi connectivity index (χ2v) is 9.29. The normalized spacial score (nSPS) is 17.6. The maximum absolute atomic E-state index is 12.9. The molecule has 2 aliphatic rings. The van der Waals surface area contributed by atoms with Gasteiger partial charge in [-0.3, -0.25) is 9.59 Å². The van der Waals surface area contributed by atoms with E-state index in [9.17, 15) is 19.5 Å². The Morgan fingerprint density at radius 1 is 1.06 bits per heavy atom. The van der Waals surface area contributed by atoms with E-state index in [1.54, 1.807) is 13.8 Å². The lowest BCUT2D eigenvalue weighted by Crippen LogP contribution is -2.63. The number of benzene rings is 2. The Bertz CT molecular complexity index is 1030. The van der Waals surface area contributed by atoms with Crippen LogP contribution in [0.5, 0.6) is 0 Å². The van der Waals surface area contributed by atoms with Gasteiger partial charge in [0.2, 0.25) is 5.91 Å². The Hall–Kier alpha value is -3.35. The minimum absolute atomic E-state index is 0.00574. The first-order valence-corrected chi connectivity index (χ1v) is 11.4. The maximum atomic E-state index is 12.9. The van der Waals surface area contributed by atoms with Gasteiger partial charge in [0.05, 0.1) is 5.41 Å². The number of fused-ring (bicyclic) bond motifs is 3. The molecule has 174 valence electrons. The third-order valence-electron chi connectivity index (χ3n) is 7.26. The van der Waals surface area contributed by atoms with Crippen molar-refractivity contribution in [1.82, 2.24) is 10.6 Å². The number of carbonyl (C=O) groups excluding carboxylic acids is 2. The van der Waals surface area contributed by atoms with E-state index in [1.165, 1.54) is 0 Å². The number of carbonyl (C=O) groups is 3. The van der Waals surface area contributed by atoms with Gasteiger partial charge in [0, 0.05) is 12.5 Å². The standard InChI is InChI=1S/C26H30N2O5/c1-3-25(2,23(30)31)16-27-22(29)26(13-8-14-26)28-24(32)33-15-21-19-11-6-4-9-17(19)18-10-5-7-12-20(18)21/h4-7,9-12,21H,3,8,13-16H2,1-2H3,(H,27,29)(H,28,32)(H,30,31). The van der Waals surface area contributed by atoms with Gasteiger partial charge in [-0.15, -0.1) is 0 Å². The second-order valence-electron chi connectivity index (χ2n) is 9.29. The summed E-state index contributed by atoms with van der Waals surface area (Å²) in [7, 11) is 0. The summed E-state index contributed by atoms with van der Waals surface area (Å²) >= 11 is 0. The molecule has 0 radical (unpaired) electrons. The van der Waals surface area contributed by atoms with Crippen molar-refractivity contribution in [3.63, 3.8) is 0 Å². The number of alkyl carbamates (subject to hydrolysis) is 1. The summed E-state index contributed by atoms with van der Waals surface area (Å²) in [4.78, 5) is 37.1. The highest BCUT2D eigenvalue weighted by Gasteiger charge is 2.47. The fraction of sp³-hybridized carbons (Fsp3) is 0.423. The zero-order chi connectivity index (χ0) is 23.6. The summed E-state index contributed by atoms with van der Waals surface area (Å²) in [5.74, 6) is -1.38. The molecular weight excluding hydrogens is 420 g/mol. The van der Waals surface area contributed by atoms with Crippen molar-refractivity contribution in [1.29, 1.82) is 0 Å². The number of hydrogen-bond acceptors (Lipinski definition) is 4. The number of carboxylic acids is 1. The molecule has 1 atom stereocenters. The van der Waals surface area contributed by atoms with Crippen LogP contribution in [0.1, 0.15) is 56.6 Å². The summed E-state index contributed by atoms with van der Waals surface area (Å²) in [5, 5.41) is 14.9. The number of carboxylic acid groups (broad SMARTS) is 1. The van der Waals surface area contributed by atoms with E-state index in [1.807, 2.05) is 24.3 Å². The molecule has 7 heteroatoms. The van der Waals surface area contributed by atoms with E-state index in [4.69, 9.17) is 4.74 Å². The van der Waals surface area contributed by atoms with Crippen molar-refractivity contribution in [2.75, 3.05) is 13.2 Å². The van der Waals surface area contributed by atoms with Crippen molar-refractivity contribution in [3.8, 4) is 11.1 Å². The summed E-state index contributed by atoms with van der Waals surface area (Å²) in [6, 6.07) is 16.2. The van der Waals surface area contributed by atoms with Gasteiger partial charge in [-0.25, -0.2) is 4.79 Å². The van der Waals surface area contributed by atoms with Crippen LogP contribution in [0, 0.1) is 5.41 Å². The van der Waals surface area contributed by atoms with Gasteiger partial charge in [-0.05, 0) is 54.9 Å². The zero-order valence-electron chi connectivity index (χ0n) is 19.0. The smallest absolute Gasteiger partial charge is 0.408 e. The van der Waals surface area contributed by atoms with E-state index in [0.29, 0.717) is 19.3 Å². The van der Waals surface area contributed by atoms with Gasteiger partial charge in [0.25, 0.3) is 0 Å². The minimum atomic E-state index is -1.05. The number of nitrogens with one attached hydrogen (secondary N) is 2. The molecule has 0 heterocycles. The molecular formula is C26H30N2O5. The van der Waals surface area contributed by atoms with Gasteiger partial charge in [0.1, 0.15) is 12.1 Å². The monoisotopic (exact) mass is 450 g/mol. The Kier molecular flexibility index (Phi) is 6.15. The average molecular weight is 451 g/mol. The zero-order valence-corrected chi connectivity index (χ0v) is 19.0. The number of aliphatic carboxylic acids is 1. The molecule has 0 bridgehead atoms. The average Bonchev–Trinajstić information content (AvgIpc) is 3.12. The van der Waals surface area contributed by atoms with Crippen molar-refractivity contribution in [2.45, 2.75) is 51.0 Å². The molecule has 2 amide bonds. The largest absolute Gasteiger partial charge is 0.481 e. The van der Waals surface area contributed by atoms with Crippen LogP contribution in [0.2, 0.25) is 0 Å². The highest BCUT2D eigenvalue weighted by Crippen LogP contribution is 2.44. The van der Waals surface area contributed by atoms with Crippen molar-refractivity contribution in [3.05, 3.63) is 59.7 Å². The number of rotatable bonds is 8. The summed E-state index contributed by atoms with van der Waals surface area (Å²) < 4.78 is 5.60. The second kappa shape index (κ2) is 8.89. The van der Waals surface area contributed by atoms with Crippen LogP contribution in [0.3, 0.4) is 0 Å². The molecule has 7 nitrogen and oxygen atoms in total. The Balaban J connectivity index is 1.39. The molecule has 1 unspecified atom stereocenters. The first-order chi connectivity index (χ1) is 15.8. The highest BCUT2D eigenvalue weighted by atomic mass is 16.5. The quantitative estimate of drug-likeness (QED) is 0.562. The van der Waals surface area contributed by atoms with Gasteiger partial charge < -0.3 is 20.5 Å². The third kappa shape index (κ3) is 4.19. The Morgan fingerprint density at radius 2 is 1.64 bits per heavy atom. The van der Waals surface area contributed by atoms with E-state index < -0.39 is 23.0 Å². The van der Waals surface area contributed by atoms with E-state index in [0.717, 1.165) is 28.7 Å². The molecule has 3 N–H and O–H groups in total. The van der Waals surface area contributed by atoms with Crippen LogP contribution in [-0.4, -0.2) is 41.8 Å². The lowest BCUT2D eigenvalue weighted by molar-refractivity contribution is -0.148. The van der Waals surface area contributed by atoms with Crippen LogP contribution < -0.4 is 10.6 Å². The predicted molar refractivity (Wildman–Crippen MR) is 124 cm³/mol. The Morgan fingerprint density at radius 3 is 2.12 bits per heavy atom. The lowest BCUT2D eigenvalue weighted by atomic mass is 9.75. The van der Waals surface area contributed by atoms with Crippen molar-refractivity contribution < 1.29 is 24.2 Å². The summed E-state index contributed by atoms with van der Waals surface area (Å²) in [5.41, 5.74) is 2.44. The molecule has 2 aromatic carbocycles. The molecule has 2 aromatic rings. The van der Waals surface area contributed by atoms with Crippen LogP contribution in [0.4, 0.5) is 4.79 Å². The lowest BCUT2D eigenvalue weighted by Gasteiger charge is -2.41. The first-order valence-electron chi connectivity index (χ1n) is 11.4. The van der Waals surface area contributed by atoms with E-state index in [2.05, 4.69) is 34.9 Å². The molecule has 1 saturated carbocycles. The molecule has 2 aliphatic carbocycles. The molecule has 1 fully saturated rings. The number of amides is 2. The van der Waals surface area contributed by atoms with Crippen molar-refractivity contribution >= 4 is 18.0 Å². The molecule has 4 rings (SSSR count). The minimum Gasteiger partial charge on any atom is -0.481 e. The van der Waals surface area contributed by atoms with Crippen LogP contribution in [-0.2, 0) is 14.3 Å². The molecule has 0 aromatic heterocycles. The Labute approximate surface area is 193 Å². The highest BCUT2D eigenvalue weighted by molar-refractivity contribution is 5.91. The topological polar surface area (TPSA) is 105 Å². The van der Waals surface area contributed by atoms with Crippen LogP contribution in [0.25, 0.3) is 11.1 Å². The summed E-state index contributed by atoms with van der Waals surface area (Å²) in [6.07, 6.45) is 1.55. The fourth-order valence-electron chi connectivity index (χ4n) is 4.57. The van der Waals surface area contributed by atoms with E-state index >= 15 is 0 Å². The number of hydrogen-bond donors (Lipinski definition) is 3. The van der Waals surface area contributed by atoms with Crippen molar-refractivity contribution in [2.24, 2.45) is 5.41 Å². The first kappa shape index (κ1) is 22.8. The maximum Gasteiger partial charge on any atom is 0.408 e. The van der Waals surface area contributed by atoms with Gasteiger partial charge in [-0.2, -0.15) is 0 Å². The SMILES string of the molecule is CCC(C)(CNC(=O)C1(NC(=O)OCC2c3ccccc3-c3ccccc32)CCC1)C(=O)O.